The molecule has 5 heteroatoms. The molecule has 5 nitrogen and oxygen atoms in total. The van der Waals surface area contributed by atoms with Gasteiger partial charge in [-0.3, -0.25) is 4.79 Å². The van der Waals surface area contributed by atoms with Crippen LogP contribution in [-0.2, 0) is 16.0 Å². The van der Waals surface area contributed by atoms with E-state index in [0.717, 1.165) is 37.3 Å². The molecule has 1 aliphatic heterocycles. The highest BCUT2D eigenvalue weighted by molar-refractivity contribution is 5.94. The molecule has 2 rings (SSSR count). The molecule has 2 heterocycles. The molecule has 0 bridgehead atoms. The highest BCUT2D eigenvalue weighted by Gasteiger charge is 2.34. The van der Waals surface area contributed by atoms with Crippen LogP contribution in [0.15, 0.2) is 4.52 Å². The van der Waals surface area contributed by atoms with E-state index in [9.17, 15) is 4.79 Å². The summed E-state index contributed by atoms with van der Waals surface area (Å²) in [6, 6.07) is 0. The molecule has 1 fully saturated rings. The molecule has 0 spiro atoms. The molecule has 0 aromatic carbocycles. The van der Waals surface area contributed by atoms with E-state index >= 15 is 0 Å². The Hall–Kier alpha value is -1.36. The van der Waals surface area contributed by atoms with Gasteiger partial charge in [-0.05, 0) is 32.1 Å². The highest BCUT2D eigenvalue weighted by atomic mass is 16.5. The lowest BCUT2D eigenvalue weighted by Gasteiger charge is -2.33. The fourth-order valence-corrected chi connectivity index (χ4v) is 2.78. The second-order valence-electron chi connectivity index (χ2n) is 5.73. The Labute approximate surface area is 120 Å². The van der Waals surface area contributed by atoms with Crippen molar-refractivity contribution in [1.82, 2.24) is 5.16 Å². The first-order valence-electron chi connectivity index (χ1n) is 7.42. The van der Waals surface area contributed by atoms with Gasteiger partial charge in [0.05, 0.1) is 12.0 Å². The monoisotopic (exact) mass is 280 g/mol. The number of nitrogens with zero attached hydrogens (tertiary/aromatic N) is 1. The molecule has 2 unspecified atom stereocenters. The van der Waals surface area contributed by atoms with Gasteiger partial charge in [0, 0.05) is 6.61 Å². The number of rotatable bonds is 4. The predicted octanol–water partition coefficient (Wildman–Crippen LogP) is 2.94. The van der Waals surface area contributed by atoms with Crippen LogP contribution in [0.3, 0.4) is 0 Å². The Bertz CT molecular complexity index is 468. The lowest BCUT2D eigenvalue weighted by Crippen LogP contribution is -2.41. The van der Waals surface area contributed by atoms with E-state index in [1.807, 2.05) is 13.8 Å². The zero-order valence-corrected chi connectivity index (χ0v) is 12.7. The van der Waals surface area contributed by atoms with Gasteiger partial charge >= 0.3 is 0 Å². The number of aromatic nitrogens is 1. The summed E-state index contributed by atoms with van der Waals surface area (Å²) < 4.78 is 10.9. The molecular formula is C15H24N2O3. The van der Waals surface area contributed by atoms with Gasteiger partial charge in [-0.2, -0.15) is 0 Å². The van der Waals surface area contributed by atoms with Crippen molar-refractivity contribution in [3.8, 4) is 0 Å². The van der Waals surface area contributed by atoms with Gasteiger partial charge < -0.3 is 14.6 Å². The van der Waals surface area contributed by atoms with Crippen molar-refractivity contribution in [1.29, 1.82) is 0 Å². The normalized spacial score (nSPS) is 23.1. The van der Waals surface area contributed by atoms with Crippen molar-refractivity contribution in [3.63, 3.8) is 0 Å². The molecule has 1 aliphatic rings. The number of carbonyl (C=O) groups is 1. The van der Waals surface area contributed by atoms with E-state index < -0.39 is 0 Å². The van der Waals surface area contributed by atoms with E-state index in [2.05, 4.69) is 24.3 Å². The maximum atomic E-state index is 12.5. The van der Waals surface area contributed by atoms with Crippen molar-refractivity contribution < 1.29 is 14.1 Å². The molecule has 20 heavy (non-hydrogen) atoms. The van der Waals surface area contributed by atoms with Gasteiger partial charge in [0.2, 0.25) is 5.91 Å². The van der Waals surface area contributed by atoms with Crippen LogP contribution >= 0.6 is 0 Å². The number of amides is 1. The molecule has 0 aliphatic carbocycles. The van der Waals surface area contributed by atoms with Gasteiger partial charge in [0.25, 0.3) is 0 Å². The second kappa shape index (κ2) is 6.39. The number of aryl methyl sites for hydroxylation is 2. The maximum absolute atomic E-state index is 12.5. The van der Waals surface area contributed by atoms with Gasteiger partial charge in [0.15, 0.2) is 5.76 Å². The lowest BCUT2D eigenvalue weighted by atomic mass is 9.86. The smallest absolute Gasteiger partial charge is 0.230 e. The van der Waals surface area contributed by atoms with Crippen LogP contribution in [0.4, 0.5) is 5.69 Å². The summed E-state index contributed by atoms with van der Waals surface area (Å²) in [4.78, 5) is 12.5. The topological polar surface area (TPSA) is 64.4 Å². The first-order chi connectivity index (χ1) is 9.54. The molecule has 2 atom stereocenters. The molecule has 1 saturated heterocycles. The summed E-state index contributed by atoms with van der Waals surface area (Å²) in [6.07, 6.45) is 2.54. The van der Waals surface area contributed by atoms with Crippen LogP contribution in [0.1, 0.15) is 45.1 Å². The van der Waals surface area contributed by atoms with Crippen molar-refractivity contribution in [2.45, 2.75) is 53.1 Å². The van der Waals surface area contributed by atoms with Crippen LogP contribution in [0.2, 0.25) is 0 Å². The Balaban J connectivity index is 2.12. The summed E-state index contributed by atoms with van der Waals surface area (Å²) in [6.45, 7) is 8.75. The third kappa shape index (κ3) is 3.03. The van der Waals surface area contributed by atoms with Gasteiger partial charge in [0.1, 0.15) is 11.4 Å². The second-order valence-corrected chi connectivity index (χ2v) is 5.73. The average molecular weight is 280 g/mol. The zero-order chi connectivity index (χ0) is 14.7. The minimum Gasteiger partial charge on any atom is -0.377 e. The van der Waals surface area contributed by atoms with Crippen molar-refractivity contribution in [2.75, 3.05) is 11.9 Å². The van der Waals surface area contributed by atoms with Crippen molar-refractivity contribution >= 4 is 11.6 Å². The summed E-state index contributed by atoms with van der Waals surface area (Å²) in [7, 11) is 0. The van der Waals surface area contributed by atoms with Crippen LogP contribution < -0.4 is 5.32 Å². The standard InChI is InChI=1S/C15H24N2O3/c1-5-12-13(10(4)20-17-12)16-15(18)11-7-6-8-19-14(11)9(2)3/h9,11,14H,5-8H2,1-4H3,(H,16,18). The van der Waals surface area contributed by atoms with Crippen LogP contribution in [0.5, 0.6) is 0 Å². The van der Waals surface area contributed by atoms with E-state index in [1.165, 1.54) is 0 Å². The molecule has 1 amide bonds. The molecular weight excluding hydrogens is 256 g/mol. The first-order valence-corrected chi connectivity index (χ1v) is 7.42. The summed E-state index contributed by atoms with van der Waals surface area (Å²) in [5.74, 6) is 0.917. The molecule has 112 valence electrons. The van der Waals surface area contributed by atoms with Crippen LogP contribution in [0.25, 0.3) is 0 Å². The Morgan fingerprint density at radius 1 is 1.50 bits per heavy atom. The predicted molar refractivity (Wildman–Crippen MR) is 76.5 cm³/mol. The summed E-state index contributed by atoms with van der Waals surface area (Å²) >= 11 is 0. The number of nitrogens with one attached hydrogen (secondary N) is 1. The third-order valence-electron chi connectivity index (χ3n) is 3.88. The fourth-order valence-electron chi connectivity index (χ4n) is 2.78. The maximum Gasteiger partial charge on any atom is 0.230 e. The SMILES string of the molecule is CCc1noc(C)c1NC(=O)C1CCCOC1C(C)C. The molecule has 0 radical (unpaired) electrons. The average Bonchev–Trinajstić information content (AvgIpc) is 2.79. The van der Waals surface area contributed by atoms with E-state index in [0.29, 0.717) is 11.7 Å². The number of carbonyl (C=O) groups excluding carboxylic acids is 1. The van der Waals surface area contributed by atoms with Crippen molar-refractivity contribution in [2.24, 2.45) is 11.8 Å². The third-order valence-corrected chi connectivity index (χ3v) is 3.88. The minimum absolute atomic E-state index is 0.00556. The lowest BCUT2D eigenvalue weighted by molar-refractivity contribution is -0.131. The Morgan fingerprint density at radius 3 is 2.90 bits per heavy atom. The molecule has 1 aromatic heterocycles. The van der Waals surface area contributed by atoms with Gasteiger partial charge in [-0.15, -0.1) is 0 Å². The van der Waals surface area contributed by atoms with Crippen LogP contribution in [0, 0.1) is 18.8 Å². The van der Waals surface area contributed by atoms with Gasteiger partial charge in [-0.1, -0.05) is 25.9 Å². The number of hydrogen-bond acceptors (Lipinski definition) is 4. The molecule has 1 N–H and O–H groups in total. The van der Waals surface area contributed by atoms with Gasteiger partial charge in [-0.25, -0.2) is 0 Å². The molecule has 1 aromatic rings. The Morgan fingerprint density at radius 2 is 2.25 bits per heavy atom. The summed E-state index contributed by atoms with van der Waals surface area (Å²) in [5, 5.41) is 6.95. The van der Waals surface area contributed by atoms with Crippen LogP contribution in [-0.4, -0.2) is 23.8 Å². The number of hydrogen-bond donors (Lipinski definition) is 1. The minimum atomic E-state index is -0.0947. The van der Waals surface area contributed by atoms with Crippen molar-refractivity contribution in [3.05, 3.63) is 11.5 Å². The van der Waals surface area contributed by atoms with E-state index in [-0.39, 0.29) is 17.9 Å². The summed E-state index contributed by atoms with van der Waals surface area (Å²) in [5.41, 5.74) is 1.53. The largest absolute Gasteiger partial charge is 0.377 e. The van der Waals surface area contributed by atoms with E-state index in [4.69, 9.17) is 9.26 Å². The quantitative estimate of drug-likeness (QED) is 0.921. The zero-order valence-electron chi connectivity index (χ0n) is 12.7. The fraction of sp³-hybridized carbons (Fsp3) is 0.733. The van der Waals surface area contributed by atoms with E-state index in [1.54, 1.807) is 0 Å². The number of ether oxygens (including phenoxy) is 1. The molecule has 0 saturated carbocycles. The highest BCUT2D eigenvalue weighted by Crippen LogP contribution is 2.29. The first kappa shape index (κ1) is 15.0. The number of anilines is 1. The Kier molecular flexibility index (Phi) is 4.81.